The van der Waals surface area contributed by atoms with Gasteiger partial charge in [-0.1, -0.05) is 19.8 Å². The highest BCUT2D eigenvalue weighted by atomic mass is 16.2. The van der Waals surface area contributed by atoms with Gasteiger partial charge in [0, 0.05) is 19.2 Å². The van der Waals surface area contributed by atoms with Crippen LogP contribution in [-0.4, -0.2) is 48.8 Å². The standard InChI is InChI=1S/C16H34N2O/c1-3-11-18-12-8-9-16(14-18)15(2)17-10-6-4-5-7-13-19/h15-17,19H,3-14H2,1-2H3. The second-order valence-electron chi connectivity index (χ2n) is 6.08. The molecule has 0 aromatic carbocycles. The Morgan fingerprint density at radius 3 is 2.79 bits per heavy atom. The molecule has 1 rings (SSSR count). The van der Waals surface area contributed by atoms with Gasteiger partial charge >= 0.3 is 0 Å². The van der Waals surface area contributed by atoms with Crippen molar-refractivity contribution in [2.24, 2.45) is 5.92 Å². The Labute approximate surface area is 119 Å². The van der Waals surface area contributed by atoms with E-state index < -0.39 is 0 Å². The average Bonchev–Trinajstić information content (AvgIpc) is 2.43. The fourth-order valence-corrected chi connectivity index (χ4v) is 3.11. The van der Waals surface area contributed by atoms with Crippen molar-refractivity contribution < 1.29 is 5.11 Å². The van der Waals surface area contributed by atoms with E-state index in [0.29, 0.717) is 12.6 Å². The summed E-state index contributed by atoms with van der Waals surface area (Å²) in [5.74, 6) is 0.831. The molecule has 3 nitrogen and oxygen atoms in total. The molecule has 0 aromatic heterocycles. The summed E-state index contributed by atoms with van der Waals surface area (Å²) in [6.07, 6.45) is 8.65. The molecule has 1 heterocycles. The second-order valence-corrected chi connectivity index (χ2v) is 6.08. The zero-order chi connectivity index (χ0) is 13.9. The Morgan fingerprint density at radius 1 is 1.26 bits per heavy atom. The fraction of sp³-hybridized carbons (Fsp3) is 1.00. The van der Waals surface area contributed by atoms with E-state index in [1.807, 2.05) is 0 Å². The monoisotopic (exact) mass is 270 g/mol. The number of nitrogens with one attached hydrogen (secondary N) is 1. The van der Waals surface area contributed by atoms with Gasteiger partial charge in [-0.05, 0) is 64.6 Å². The van der Waals surface area contributed by atoms with Gasteiger partial charge in [0.25, 0.3) is 0 Å². The zero-order valence-electron chi connectivity index (χ0n) is 13.0. The smallest absolute Gasteiger partial charge is 0.0431 e. The van der Waals surface area contributed by atoms with E-state index in [1.54, 1.807) is 0 Å². The van der Waals surface area contributed by atoms with Gasteiger partial charge < -0.3 is 15.3 Å². The third-order valence-electron chi connectivity index (χ3n) is 4.34. The summed E-state index contributed by atoms with van der Waals surface area (Å²) < 4.78 is 0. The minimum atomic E-state index is 0.346. The van der Waals surface area contributed by atoms with Gasteiger partial charge in [0.2, 0.25) is 0 Å². The molecule has 1 aliphatic heterocycles. The van der Waals surface area contributed by atoms with Crippen molar-refractivity contribution in [2.45, 2.75) is 64.8 Å². The highest BCUT2D eigenvalue weighted by Gasteiger charge is 2.23. The maximum absolute atomic E-state index is 8.73. The maximum Gasteiger partial charge on any atom is 0.0431 e. The topological polar surface area (TPSA) is 35.5 Å². The van der Waals surface area contributed by atoms with Crippen molar-refractivity contribution in [1.82, 2.24) is 10.2 Å². The van der Waals surface area contributed by atoms with E-state index in [2.05, 4.69) is 24.1 Å². The van der Waals surface area contributed by atoms with Crippen molar-refractivity contribution in [3.8, 4) is 0 Å². The van der Waals surface area contributed by atoms with Gasteiger partial charge in [0.15, 0.2) is 0 Å². The molecule has 0 bridgehead atoms. The maximum atomic E-state index is 8.73. The van der Waals surface area contributed by atoms with Crippen LogP contribution in [0.4, 0.5) is 0 Å². The number of unbranched alkanes of at least 4 members (excludes halogenated alkanes) is 3. The van der Waals surface area contributed by atoms with E-state index in [9.17, 15) is 0 Å². The zero-order valence-corrected chi connectivity index (χ0v) is 13.0. The van der Waals surface area contributed by atoms with Crippen molar-refractivity contribution in [3.05, 3.63) is 0 Å². The van der Waals surface area contributed by atoms with Crippen LogP contribution in [0.25, 0.3) is 0 Å². The Kier molecular flexibility index (Phi) is 9.48. The van der Waals surface area contributed by atoms with E-state index >= 15 is 0 Å². The minimum absolute atomic E-state index is 0.346. The second kappa shape index (κ2) is 10.6. The molecule has 2 unspecified atom stereocenters. The largest absolute Gasteiger partial charge is 0.396 e. The highest BCUT2D eigenvalue weighted by Crippen LogP contribution is 2.19. The van der Waals surface area contributed by atoms with Crippen molar-refractivity contribution in [3.63, 3.8) is 0 Å². The summed E-state index contributed by atoms with van der Waals surface area (Å²) in [6, 6.07) is 0.650. The van der Waals surface area contributed by atoms with Gasteiger partial charge in [-0.15, -0.1) is 0 Å². The number of piperidine rings is 1. The van der Waals surface area contributed by atoms with Gasteiger partial charge in [-0.2, -0.15) is 0 Å². The molecule has 1 saturated heterocycles. The van der Waals surface area contributed by atoms with Crippen LogP contribution in [-0.2, 0) is 0 Å². The molecule has 3 heteroatoms. The van der Waals surface area contributed by atoms with E-state index in [0.717, 1.165) is 18.9 Å². The lowest BCUT2D eigenvalue weighted by Crippen LogP contribution is -2.44. The Bertz CT molecular complexity index is 209. The highest BCUT2D eigenvalue weighted by molar-refractivity contribution is 4.80. The van der Waals surface area contributed by atoms with E-state index in [-0.39, 0.29) is 0 Å². The van der Waals surface area contributed by atoms with Crippen LogP contribution in [0, 0.1) is 5.92 Å². The molecule has 0 spiro atoms. The van der Waals surface area contributed by atoms with Crippen LogP contribution >= 0.6 is 0 Å². The van der Waals surface area contributed by atoms with Crippen LogP contribution in [0.2, 0.25) is 0 Å². The Balaban J connectivity index is 2.09. The molecule has 1 aliphatic rings. The molecule has 0 saturated carbocycles. The molecular weight excluding hydrogens is 236 g/mol. The number of likely N-dealkylation sites (tertiary alicyclic amines) is 1. The first-order valence-corrected chi connectivity index (χ1v) is 8.34. The molecule has 19 heavy (non-hydrogen) atoms. The minimum Gasteiger partial charge on any atom is -0.396 e. The number of rotatable bonds is 10. The summed E-state index contributed by atoms with van der Waals surface area (Å²) in [5, 5.41) is 12.4. The van der Waals surface area contributed by atoms with Crippen LogP contribution < -0.4 is 5.32 Å². The summed E-state index contributed by atoms with van der Waals surface area (Å²) >= 11 is 0. The molecule has 1 fully saturated rings. The van der Waals surface area contributed by atoms with E-state index in [4.69, 9.17) is 5.11 Å². The van der Waals surface area contributed by atoms with Crippen LogP contribution in [0.15, 0.2) is 0 Å². The predicted octanol–water partition coefficient (Wildman–Crippen LogP) is 2.64. The van der Waals surface area contributed by atoms with Gasteiger partial charge in [-0.3, -0.25) is 0 Å². The molecule has 2 atom stereocenters. The van der Waals surface area contributed by atoms with Crippen molar-refractivity contribution >= 4 is 0 Å². The Hall–Kier alpha value is -0.120. The molecule has 2 N–H and O–H groups in total. The lowest BCUT2D eigenvalue weighted by Gasteiger charge is -2.36. The third kappa shape index (κ3) is 7.28. The molecule has 0 amide bonds. The summed E-state index contributed by atoms with van der Waals surface area (Å²) in [4.78, 5) is 2.63. The normalized spacial score (nSPS) is 22.6. The first-order chi connectivity index (χ1) is 9.27. The predicted molar refractivity (Wildman–Crippen MR) is 82.5 cm³/mol. The molecule has 0 radical (unpaired) electrons. The summed E-state index contributed by atoms with van der Waals surface area (Å²) in [6.45, 7) is 9.97. The van der Waals surface area contributed by atoms with Crippen LogP contribution in [0.1, 0.15) is 58.8 Å². The molecule has 0 aliphatic carbocycles. The summed E-state index contributed by atoms with van der Waals surface area (Å²) in [5.41, 5.74) is 0. The van der Waals surface area contributed by atoms with E-state index in [1.165, 1.54) is 58.2 Å². The first-order valence-electron chi connectivity index (χ1n) is 8.34. The SMILES string of the molecule is CCCN1CCCC(C(C)NCCCCCCO)C1. The first kappa shape index (κ1) is 16.9. The van der Waals surface area contributed by atoms with Crippen LogP contribution in [0.3, 0.4) is 0 Å². The number of nitrogens with zero attached hydrogens (tertiary/aromatic N) is 1. The van der Waals surface area contributed by atoms with Gasteiger partial charge in [0.1, 0.15) is 0 Å². The van der Waals surface area contributed by atoms with Crippen LogP contribution in [0.5, 0.6) is 0 Å². The Morgan fingerprint density at radius 2 is 2.05 bits per heavy atom. The molecule has 114 valence electrons. The lowest BCUT2D eigenvalue weighted by atomic mass is 9.91. The third-order valence-corrected chi connectivity index (χ3v) is 4.34. The van der Waals surface area contributed by atoms with Crippen molar-refractivity contribution in [1.29, 1.82) is 0 Å². The van der Waals surface area contributed by atoms with Crippen molar-refractivity contribution in [2.75, 3.05) is 32.8 Å². The number of hydrogen-bond acceptors (Lipinski definition) is 3. The van der Waals surface area contributed by atoms with Gasteiger partial charge in [0.05, 0.1) is 0 Å². The number of aliphatic hydroxyl groups excluding tert-OH is 1. The fourth-order valence-electron chi connectivity index (χ4n) is 3.11. The number of hydrogen-bond donors (Lipinski definition) is 2. The summed E-state index contributed by atoms with van der Waals surface area (Å²) in [7, 11) is 0. The molecular formula is C16H34N2O. The number of aliphatic hydroxyl groups is 1. The van der Waals surface area contributed by atoms with Gasteiger partial charge in [-0.25, -0.2) is 0 Å². The molecule has 0 aromatic rings. The quantitative estimate of drug-likeness (QED) is 0.599. The lowest BCUT2D eigenvalue weighted by molar-refractivity contribution is 0.151. The average molecular weight is 270 g/mol.